The maximum Gasteiger partial charge on any atom is 0.258 e. The number of amides is 1. The van der Waals surface area contributed by atoms with E-state index < -0.39 is 0 Å². The molecule has 0 aromatic heterocycles. The van der Waals surface area contributed by atoms with Crippen molar-refractivity contribution in [2.75, 3.05) is 13.2 Å². The summed E-state index contributed by atoms with van der Waals surface area (Å²) in [5, 5.41) is 11.6. The van der Waals surface area contributed by atoms with E-state index in [1.165, 1.54) is 0 Å². The number of carbonyl (C=O) groups is 1. The van der Waals surface area contributed by atoms with Crippen LogP contribution in [-0.2, 0) is 4.79 Å². The third-order valence-electron chi connectivity index (χ3n) is 2.44. The first-order valence-electron chi connectivity index (χ1n) is 5.75. The second kappa shape index (κ2) is 6.91. The number of aliphatic hydroxyl groups excluding tert-OH is 1. The molecule has 0 unspecified atom stereocenters. The summed E-state index contributed by atoms with van der Waals surface area (Å²) in [6.45, 7) is 3.79. The Balaban J connectivity index is 2.38. The van der Waals surface area contributed by atoms with Gasteiger partial charge in [-0.15, -0.1) is 0 Å². The quantitative estimate of drug-likeness (QED) is 0.783. The monoisotopic (exact) mass is 237 g/mol. The summed E-state index contributed by atoms with van der Waals surface area (Å²) >= 11 is 0. The Bertz CT molecular complexity index is 361. The molecular weight excluding hydrogens is 218 g/mol. The van der Waals surface area contributed by atoms with Crippen LogP contribution in [0.25, 0.3) is 0 Å². The molecule has 0 bridgehead atoms. The van der Waals surface area contributed by atoms with E-state index in [9.17, 15) is 4.79 Å². The molecule has 94 valence electrons. The van der Waals surface area contributed by atoms with Gasteiger partial charge in [0.05, 0.1) is 12.6 Å². The predicted molar refractivity (Wildman–Crippen MR) is 66.0 cm³/mol. The largest absolute Gasteiger partial charge is 0.484 e. The minimum atomic E-state index is -0.215. The van der Waals surface area contributed by atoms with E-state index in [0.717, 1.165) is 5.56 Å². The van der Waals surface area contributed by atoms with Crippen LogP contribution in [-0.4, -0.2) is 30.3 Å². The molecule has 0 spiro atoms. The highest BCUT2D eigenvalue weighted by Crippen LogP contribution is 2.11. The van der Waals surface area contributed by atoms with Crippen molar-refractivity contribution in [3.8, 4) is 5.75 Å². The summed E-state index contributed by atoms with van der Waals surface area (Å²) in [7, 11) is 0. The Labute approximate surface area is 102 Å². The summed E-state index contributed by atoms with van der Waals surface area (Å²) in [6, 6.07) is 7.33. The average molecular weight is 237 g/mol. The normalized spacial score (nSPS) is 11.9. The molecule has 0 saturated carbocycles. The van der Waals surface area contributed by atoms with Crippen LogP contribution in [0.4, 0.5) is 0 Å². The van der Waals surface area contributed by atoms with E-state index in [0.29, 0.717) is 12.2 Å². The fraction of sp³-hybridized carbons (Fsp3) is 0.462. The lowest BCUT2D eigenvalue weighted by atomic mass is 10.2. The lowest BCUT2D eigenvalue weighted by Gasteiger charge is -2.14. The van der Waals surface area contributed by atoms with Crippen LogP contribution < -0.4 is 10.1 Å². The second-order valence-electron chi connectivity index (χ2n) is 3.96. The van der Waals surface area contributed by atoms with E-state index in [1.807, 2.05) is 38.1 Å². The van der Waals surface area contributed by atoms with Gasteiger partial charge in [0.25, 0.3) is 5.91 Å². The molecule has 0 radical (unpaired) electrons. The minimum Gasteiger partial charge on any atom is -0.484 e. The van der Waals surface area contributed by atoms with Crippen LogP contribution in [0, 0.1) is 6.92 Å². The van der Waals surface area contributed by atoms with Crippen LogP contribution >= 0.6 is 0 Å². The lowest BCUT2D eigenvalue weighted by Crippen LogP contribution is -2.39. The molecule has 2 N–H and O–H groups in total. The molecule has 17 heavy (non-hydrogen) atoms. The molecular formula is C13H19NO3. The van der Waals surface area contributed by atoms with Gasteiger partial charge in [0.2, 0.25) is 0 Å². The fourth-order valence-electron chi connectivity index (χ4n) is 1.40. The third-order valence-corrected chi connectivity index (χ3v) is 2.44. The van der Waals surface area contributed by atoms with Crippen LogP contribution in [0.15, 0.2) is 24.3 Å². The molecule has 1 aromatic rings. The number of hydrogen-bond donors (Lipinski definition) is 2. The lowest BCUT2D eigenvalue weighted by molar-refractivity contribution is -0.124. The Kier molecular flexibility index (Phi) is 5.49. The number of nitrogens with one attached hydrogen (secondary N) is 1. The van der Waals surface area contributed by atoms with Crippen LogP contribution in [0.1, 0.15) is 18.9 Å². The first kappa shape index (κ1) is 13.5. The van der Waals surface area contributed by atoms with E-state index in [4.69, 9.17) is 9.84 Å². The summed E-state index contributed by atoms with van der Waals surface area (Å²) < 4.78 is 5.34. The fourth-order valence-corrected chi connectivity index (χ4v) is 1.40. The number of carbonyl (C=O) groups excluding carboxylic acids is 1. The van der Waals surface area contributed by atoms with Gasteiger partial charge in [0.1, 0.15) is 5.75 Å². The smallest absolute Gasteiger partial charge is 0.258 e. The Hall–Kier alpha value is -1.55. The van der Waals surface area contributed by atoms with E-state index in [-0.39, 0.29) is 25.2 Å². The Morgan fingerprint density at radius 1 is 1.53 bits per heavy atom. The zero-order chi connectivity index (χ0) is 12.7. The van der Waals surface area contributed by atoms with E-state index >= 15 is 0 Å². The molecule has 4 heteroatoms. The first-order valence-corrected chi connectivity index (χ1v) is 5.75. The van der Waals surface area contributed by atoms with Gasteiger partial charge in [-0.25, -0.2) is 0 Å². The zero-order valence-electron chi connectivity index (χ0n) is 10.3. The van der Waals surface area contributed by atoms with Crippen molar-refractivity contribution in [3.63, 3.8) is 0 Å². The van der Waals surface area contributed by atoms with Crippen molar-refractivity contribution in [1.82, 2.24) is 5.32 Å². The molecule has 0 aliphatic carbocycles. The second-order valence-corrected chi connectivity index (χ2v) is 3.96. The molecule has 1 aromatic carbocycles. The number of aryl methyl sites for hydroxylation is 1. The highest BCUT2D eigenvalue weighted by molar-refractivity contribution is 5.77. The van der Waals surface area contributed by atoms with E-state index in [2.05, 4.69) is 5.32 Å². The van der Waals surface area contributed by atoms with Crippen LogP contribution in [0.2, 0.25) is 0 Å². The maximum atomic E-state index is 11.5. The number of rotatable bonds is 6. The summed E-state index contributed by atoms with van der Waals surface area (Å²) in [5.74, 6) is 0.463. The molecule has 1 atom stereocenters. The SMILES string of the molecule is CC[C@H](CO)NC(=O)COc1cccc(C)c1. The molecule has 0 fully saturated rings. The average Bonchev–Trinajstić information content (AvgIpc) is 2.33. The van der Waals surface area contributed by atoms with Gasteiger partial charge in [-0.3, -0.25) is 4.79 Å². The van der Waals surface area contributed by atoms with Crippen molar-refractivity contribution < 1.29 is 14.6 Å². The molecule has 0 saturated heterocycles. The molecule has 1 amide bonds. The number of benzene rings is 1. The first-order chi connectivity index (χ1) is 8.15. The summed E-state index contributed by atoms with van der Waals surface area (Å²) in [4.78, 5) is 11.5. The van der Waals surface area contributed by atoms with Gasteiger partial charge in [-0.2, -0.15) is 0 Å². The van der Waals surface area contributed by atoms with Gasteiger partial charge < -0.3 is 15.2 Å². The van der Waals surface area contributed by atoms with Gasteiger partial charge in [-0.05, 0) is 31.0 Å². The number of ether oxygens (including phenoxy) is 1. The van der Waals surface area contributed by atoms with Gasteiger partial charge >= 0.3 is 0 Å². The zero-order valence-corrected chi connectivity index (χ0v) is 10.3. The molecule has 1 rings (SSSR count). The van der Waals surface area contributed by atoms with Crippen molar-refractivity contribution >= 4 is 5.91 Å². The van der Waals surface area contributed by atoms with Crippen LogP contribution in [0.3, 0.4) is 0 Å². The molecule has 4 nitrogen and oxygen atoms in total. The topological polar surface area (TPSA) is 58.6 Å². The maximum absolute atomic E-state index is 11.5. The molecule has 0 heterocycles. The summed E-state index contributed by atoms with van der Waals surface area (Å²) in [6.07, 6.45) is 0.701. The summed E-state index contributed by atoms with van der Waals surface area (Å²) in [5.41, 5.74) is 1.09. The Morgan fingerprint density at radius 3 is 2.88 bits per heavy atom. The third kappa shape index (κ3) is 4.87. The van der Waals surface area contributed by atoms with Crippen molar-refractivity contribution in [2.45, 2.75) is 26.3 Å². The predicted octanol–water partition coefficient (Wildman–Crippen LogP) is 1.26. The van der Waals surface area contributed by atoms with Gasteiger partial charge in [0, 0.05) is 0 Å². The number of aliphatic hydroxyl groups is 1. The van der Waals surface area contributed by atoms with Gasteiger partial charge in [0.15, 0.2) is 6.61 Å². The van der Waals surface area contributed by atoms with Crippen molar-refractivity contribution in [1.29, 1.82) is 0 Å². The number of hydrogen-bond acceptors (Lipinski definition) is 3. The van der Waals surface area contributed by atoms with E-state index in [1.54, 1.807) is 0 Å². The van der Waals surface area contributed by atoms with Crippen molar-refractivity contribution in [3.05, 3.63) is 29.8 Å². The highest BCUT2D eigenvalue weighted by Gasteiger charge is 2.09. The molecule has 0 aliphatic rings. The van der Waals surface area contributed by atoms with Gasteiger partial charge in [-0.1, -0.05) is 19.1 Å². The standard InChI is InChI=1S/C13H19NO3/c1-3-11(8-15)14-13(16)9-17-12-6-4-5-10(2)7-12/h4-7,11,15H,3,8-9H2,1-2H3,(H,14,16)/t11-/m1/s1. The molecule has 0 aliphatic heterocycles. The minimum absolute atomic E-state index is 0.0278. The highest BCUT2D eigenvalue weighted by atomic mass is 16.5. The van der Waals surface area contributed by atoms with Crippen LogP contribution in [0.5, 0.6) is 5.75 Å². The van der Waals surface area contributed by atoms with Crippen molar-refractivity contribution in [2.24, 2.45) is 0 Å². The Morgan fingerprint density at radius 2 is 2.29 bits per heavy atom.